The molecule has 1 fully saturated rings. The number of aryl methyl sites for hydroxylation is 1. The molecule has 7 heteroatoms. The van der Waals surface area contributed by atoms with Crippen LogP contribution in [0.25, 0.3) is 10.9 Å². The van der Waals surface area contributed by atoms with Crippen molar-refractivity contribution >= 4 is 16.6 Å². The summed E-state index contributed by atoms with van der Waals surface area (Å²) in [4.78, 5) is 13.4. The average molecular weight is 353 g/mol. The summed E-state index contributed by atoms with van der Waals surface area (Å²) < 4.78 is 10.7. The monoisotopic (exact) mass is 353 g/mol. The highest BCUT2D eigenvalue weighted by molar-refractivity contribution is 5.86. The molecule has 0 spiro atoms. The van der Waals surface area contributed by atoms with E-state index in [1.54, 1.807) is 7.11 Å². The van der Waals surface area contributed by atoms with Gasteiger partial charge in [0.25, 0.3) is 0 Å². The highest BCUT2D eigenvalue weighted by Gasteiger charge is 2.18. The number of piperazine rings is 1. The van der Waals surface area contributed by atoms with E-state index in [-0.39, 0.29) is 0 Å². The minimum absolute atomic E-state index is 0.623. The lowest BCUT2D eigenvalue weighted by atomic mass is 10.2. The van der Waals surface area contributed by atoms with Gasteiger partial charge in [0.1, 0.15) is 12.1 Å². The van der Waals surface area contributed by atoms with Crippen LogP contribution in [0, 0.1) is 6.92 Å². The number of hydrogen-bond donors (Lipinski definition) is 0. The summed E-state index contributed by atoms with van der Waals surface area (Å²) >= 11 is 0. The average Bonchev–Trinajstić information content (AvgIpc) is 3.11. The molecule has 1 aromatic carbocycles. The number of aromatic nitrogens is 3. The van der Waals surface area contributed by atoms with Crippen LogP contribution < -0.4 is 9.64 Å². The van der Waals surface area contributed by atoms with Gasteiger partial charge in [0, 0.05) is 50.9 Å². The molecule has 0 saturated carbocycles. The van der Waals surface area contributed by atoms with Crippen molar-refractivity contribution in [1.29, 1.82) is 0 Å². The van der Waals surface area contributed by atoms with Crippen LogP contribution in [0.2, 0.25) is 0 Å². The third kappa shape index (κ3) is 3.48. The SMILES string of the molecule is COc1ncnc2ccc(N3CCN(CCc4cc(C)no4)CC3)cc12. The van der Waals surface area contributed by atoms with Crippen molar-refractivity contribution in [1.82, 2.24) is 20.0 Å². The number of fused-ring (bicyclic) bond motifs is 1. The summed E-state index contributed by atoms with van der Waals surface area (Å²) in [5, 5.41) is 4.90. The molecule has 136 valence electrons. The molecule has 1 saturated heterocycles. The van der Waals surface area contributed by atoms with Gasteiger partial charge in [0.05, 0.1) is 23.7 Å². The number of nitrogens with zero attached hydrogens (tertiary/aromatic N) is 5. The molecule has 0 unspecified atom stereocenters. The standard InChI is InChI=1S/C19H23N5O2/c1-14-11-16(26-22-14)5-6-23-7-9-24(10-8-23)15-3-4-18-17(12-15)19(25-2)21-13-20-18/h3-4,11-13H,5-10H2,1-2H3. The van der Waals surface area contributed by atoms with E-state index in [2.05, 4.69) is 37.1 Å². The summed E-state index contributed by atoms with van der Waals surface area (Å²) in [6, 6.07) is 8.30. The number of rotatable bonds is 5. The van der Waals surface area contributed by atoms with Crippen molar-refractivity contribution in [3.8, 4) is 5.88 Å². The number of ether oxygens (including phenoxy) is 1. The highest BCUT2D eigenvalue weighted by Crippen LogP contribution is 2.27. The van der Waals surface area contributed by atoms with Crippen molar-refractivity contribution in [2.75, 3.05) is 44.7 Å². The first-order valence-corrected chi connectivity index (χ1v) is 8.91. The van der Waals surface area contributed by atoms with Gasteiger partial charge in [-0.3, -0.25) is 4.90 Å². The molecule has 3 aromatic rings. The van der Waals surface area contributed by atoms with E-state index >= 15 is 0 Å². The van der Waals surface area contributed by atoms with Crippen LogP contribution in [0.4, 0.5) is 5.69 Å². The topological polar surface area (TPSA) is 67.5 Å². The van der Waals surface area contributed by atoms with Gasteiger partial charge in [-0.15, -0.1) is 0 Å². The van der Waals surface area contributed by atoms with Gasteiger partial charge in [-0.05, 0) is 25.1 Å². The summed E-state index contributed by atoms with van der Waals surface area (Å²) in [5.74, 6) is 1.59. The Bertz CT molecular complexity index is 887. The van der Waals surface area contributed by atoms with E-state index in [1.807, 2.05) is 19.1 Å². The summed E-state index contributed by atoms with van der Waals surface area (Å²) in [7, 11) is 1.64. The van der Waals surface area contributed by atoms with Gasteiger partial charge >= 0.3 is 0 Å². The zero-order valence-electron chi connectivity index (χ0n) is 15.2. The quantitative estimate of drug-likeness (QED) is 0.697. The van der Waals surface area contributed by atoms with E-state index < -0.39 is 0 Å². The predicted octanol–water partition coefficient (Wildman–Crippen LogP) is 2.30. The van der Waals surface area contributed by atoms with E-state index in [0.29, 0.717) is 5.88 Å². The fourth-order valence-electron chi connectivity index (χ4n) is 3.41. The maximum Gasteiger partial charge on any atom is 0.224 e. The zero-order valence-corrected chi connectivity index (χ0v) is 15.2. The van der Waals surface area contributed by atoms with Crippen LogP contribution in [0.3, 0.4) is 0 Å². The Morgan fingerprint density at radius 2 is 1.96 bits per heavy atom. The molecule has 0 amide bonds. The molecular formula is C19H23N5O2. The fourth-order valence-corrected chi connectivity index (χ4v) is 3.41. The Kier molecular flexibility index (Phi) is 4.71. The van der Waals surface area contributed by atoms with E-state index in [1.165, 1.54) is 12.0 Å². The van der Waals surface area contributed by atoms with E-state index in [0.717, 1.165) is 61.5 Å². The van der Waals surface area contributed by atoms with Crippen molar-refractivity contribution in [2.45, 2.75) is 13.3 Å². The minimum atomic E-state index is 0.623. The second kappa shape index (κ2) is 7.29. The first kappa shape index (κ1) is 16.8. The summed E-state index contributed by atoms with van der Waals surface area (Å²) in [5.41, 5.74) is 3.04. The van der Waals surface area contributed by atoms with Crippen molar-refractivity contribution < 1.29 is 9.26 Å². The third-order valence-electron chi connectivity index (χ3n) is 4.86. The smallest absolute Gasteiger partial charge is 0.224 e. The Hall–Kier alpha value is -2.67. The number of benzene rings is 1. The van der Waals surface area contributed by atoms with Crippen LogP contribution in [0.5, 0.6) is 5.88 Å². The Morgan fingerprint density at radius 1 is 1.12 bits per heavy atom. The summed E-state index contributed by atoms with van der Waals surface area (Å²) in [6.45, 7) is 7.02. The molecule has 0 aliphatic carbocycles. The van der Waals surface area contributed by atoms with Gasteiger partial charge in [0.15, 0.2) is 0 Å². The van der Waals surface area contributed by atoms with Crippen LogP contribution in [-0.4, -0.2) is 59.9 Å². The Balaban J connectivity index is 1.39. The lowest BCUT2D eigenvalue weighted by molar-refractivity contribution is 0.250. The Morgan fingerprint density at radius 3 is 2.69 bits per heavy atom. The van der Waals surface area contributed by atoms with Gasteiger partial charge in [-0.25, -0.2) is 9.97 Å². The zero-order chi connectivity index (χ0) is 17.9. The normalized spacial score (nSPS) is 15.5. The van der Waals surface area contributed by atoms with Gasteiger partial charge in [0.2, 0.25) is 5.88 Å². The second-order valence-corrected chi connectivity index (χ2v) is 6.60. The molecule has 1 aliphatic rings. The molecule has 7 nitrogen and oxygen atoms in total. The van der Waals surface area contributed by atoms with Crippen LogP contribution in [0.15, 0.2) is 35.1 Å². The lowest BCUT2D eigenvalue weighted by Gasteiger charge is -2.36. The van der Waals surface area contributed by atoms with Crippen molar-refractivity contribution in [2.24, 2.45) is 0 Å². The predicted molar refractivity (Wildman–Crippen MR) is 99.7 cm³/mol. The molecule has 3 heterocycles. The molecule has 1 aliphatic heterocycles. The fraction of sp³-hybridized carbons (Fsp3) is 0.421. The number of anilines is 1. The molecular weight excluding hydrogens is 330 g/mol. The van der Waals surface area contributed by atoms with Gasteiger partial charge in [-0.2, -0.15) is 0 Å². The van der Waals surface area contributed by atoms with E-state index in [9.17, 15) is 0 Å². The van der Waals surface area contributed by atoms with Gasteiger partial charge < -0.3 is 14.2 Å². The number of methoxy groups -OCH3 is 1. The van der Waals surface area contributed by atoms with Crippen molar-refractivity contribution in [3.05, 3.63) is 42.0 Å². The molecule has 0 radical (unpaired) electrons. The van der Waals surface area contributed by atoms with Crippen LogP contribution in [0.1, 0.15) is 11.5 Å². The first-order chi connectivity index (χ1) is 12.7. The lowest BCUT2D eigenvalue weighted by Crippen LogP contribution is -2.47. The first-order valence-electron chi connectivity index (χ1n) is 8.91. The van der Waals surface area contributed by atoms with Crippen LogP contribution in [-0.2, 0) is 6.42 Å². The summed E-state index contributed by atoms with van der Waals surface area (Å²) in [6.07, 6.45) is 2.45. The highest BCUT2D eigenvalue weighted by atomic mass is 16.5. The number of hydrogen-bond acceptors (Lipinski definition) is 7. The molecule has 4 rings (SSSR count). The largest absolute Gasteiger partial charge is 0.480 e. The maximum atomic E-state index is 5.37. The minimum Gasteiger partial charge on any atom is -0.480 e. The Labute approximate surface area is 152 Å². The molecule has 26 heavy (non-hydrogen) atoms. The molecule has 2 aromatic heterocycles. The maximum absolute atomic E-state index is 5.37. The third-order valence-corrected chi connectivity index (χ3v) is 4.86. The molecule has 0 N–H and O–H groups in total. The second-order valence-electron chi connectivity index (χ2n) is 6.60. The molecule has 0 atom stereocenters. The van der Waals surface area contributed by atoms with Crippen molar-refractivity contribution in [3.63, 3.8) is 0 Å². The molecule has 0 bridgehead atoms. The van der Waals surface area contributed by atoms with Crippen LogP contribution >= 0.6 is 0 Å². The van der Waals surface area contributed by atoms with E-state index in [4.69, 9.17) is 9.26 Å². The van der Waals surface area contributed by atoms with Gasteiger partial charge in [-0.1, -0.05) is 5.16 Å².